The molecular weight excluding hydrogens is 342 g/mol. The smallest absolute Gasteiger partial charge is 0.243 e. The fourth-order valence-corrected chi connectivity index (χ4v) is 5.38. The number of carbonyl (C=O) groups is 2. The van der Waals surface area contributed by atoms with Gasteiger partial charge in [-0.3, -0.25) is 14.5 Å². The van der Waals surface area contributed by atoms with Crippen LogP contribution in [0.5, 0.6) is 0 Å². The highest BCUT2D eigenvalue weighted by Crippen LogP contribution is 2.41. The second kappa shape index (κ2) is 7.30. The average Bonchev–Trinajstić information content (AvgIpc) is 3.40. The van der Waals surface area contributed by atoms with Crippen LogP contribution in [0, 0.1) is 6.92 Å². The Morgan fingerprint density at radius 3 is 2.41 bits per heavy atom. The molecule has 3 aliphatic rings. The Labute approximate surface area is 161 Å². The van der Waals surface area contributed by atoms with Gasteiger partial charge in [-0.15, -0.1) is 0 Å². The van der Waals surface area contributed by atoms with E-state index in [4.69, 9.17) is 4.42 Å². The number of rotatable bonds is 4. The number of likely N-dealkylation sites (tertiary alicyclic amines) is 2. The van der Waals surface area contributed by atoms with Crippen molar-refractivity contribution in [3.8, 4) is 0 Å². The molecule has 2 saturated heterocycles. The molecule has 0 bridgehead atoms. The zero-order valence-corrected chi connectivity index (χ0v) is 16.5. The van der Waals surface area contributed by atoms with Crippen LogP contribution in [0.25, 0.3) is 0 Å². The number of nitrogens with one attached hydrogen (secondary N) is 1. The van der Waals surface area contributed by atoms with Crippen molar-refractivity contribution in [2.75, 3.05) is 26.2 Å². The van der Waals surface area contributed by atoms with E-state index < -0.39 is 0 Å². The zero-order chi connectivity index (χ0) is 19.0. The van der Waals surface area contributed by atoms with Gasteiger partial charge in [-0.1, -0.05) is 12.8 Å². The predicted octanol–water partition coefficient (Wildman–Crippen LogP) is 2.43. The summed E-state index contributed by atoms with van der Waals surface area (Å²) in [7, 11) is 0. The third kappa shape index (κ3) is 3.40. The summed E-state index contributed by atoms with van der Waals surface area (Å²) in [6, 6.07) is 3.84. The zero-order valence-electron chi connectivity index (χ0n) is 16.5. The first-order chi connectivity index (χ1) is 13.0. The van der Waals surface area contributed by atoms with Gasteiger partial charge in [0.15, 0.2) is 0 Å². The molecule has 0 radical (unpaired) electrons. The quantitative estimate of drug-likeness (QED) is 0.880. The molecule has 6 heteroatoms. The van der Waals surface area contributed by atoms with Crippen molar-refractivity contribution in [2.45, 2.75) is 69.9 Å². The van der Waals surface area contributed by atoms with Gasteiger partial charge in [0.1, 0.15) is 17.1 Å². The minimum absolute atomic E-state index is 0.0172. The molecule has 0 aromatic carbocycles. The van der Waals surface area contributed by atoms with Crippen LogP contribution in [-0.2, 0) is 9.59 Å². The Bertz CT molecular complexity index is 701. The molecule has 1 saturated carbocycles. The van der Waals surface area contributed by atoms with Crippen LogP contribution in [0.4, 0.5) is 0 Å². The van der Waals surface area contributed by atoms with Crippen molar-refractivity contribution in [1.29, 1.82) is 0 Å². The number of hydrogen-bond acceptors (Lipinski definition) is 4. The molecule has 2 atom stereocenters. The summed E-state index contributed by atoms with van der Waals surface area (Å²) < 4.78 is 5.86. The van der Waals surface area contributed by atoms with Crippen LogP contribution in [0.2, 0.25) is 0 Å². The number of amides is 2. The van der Waals surface area contributed by atoms with Gasteiger partial charge in [0, 0.05) is 20.0 Å². The van der Waals surface area contributed by atoms with Crippen LogP contribution in [0.1, 0.15) is 62.9 Å². The molecule has 1 aromatic rings. The van der Waals surface area contributed by atoms with E-state index in [1.54, 1.807) is 0 Å². The monoisotopic (exact) mass is 373 g/mol. The summed E-state index contributed by atoms with van der Waals surface area (Å²) in [6.07, 6.45) is 6.59. The van der Waals surface area contributed by atoms with E-state index in [0.29, 0.717) is 13.1 Å². The summed E-state index contributed by atoms with van der Waals surface area (Å²) in [5.41, 5.74) is -0.314. The van der Waals surface area contributed by atoms with Gasteiger partial charge < -0.3 is 14.6 Å². The van der Waals surface area contributed by atoms with Crippen LogP contribution in [0.15, 0.2) is 16.5 Å². The highest BCUT2D eigenvalue weighted by atomic mass is 16.3. The summed E-state index contributed by atoms with van der Waals surface area (Å²) in [5.74, 6) is 1.95. The highest BCUT2D eigenvalue weighted by Gasteiger charge is 2.51. The van der Waals surface area contributed by atoms with E-state index >= 15 is 0 Å². The molecule has 3 fully saturated rings. The Kier molecular flexibility index (Phi) is 5.01. The second-order valence-electron chi connectivity index (χ2n) is 8.50. The van der Waals surface area contributed by atoms with Gasteiger partial charge in [0.05, 0.1) is 12.0 Å². The van der Waals surface area contributed by atoms with Crippen molar-refractivity contribution in [2.24, 2.45) is 0 Å². The maximum Gasteiger partial charge on any atom is 0.243 e. The molecule has 1 aliphatic carbocycles. The lowest BCUT2D eigenvalue weighted by molar-refractivity contribution is -0.143. The standard InChI is InChI=1S/C21H31N3O3/c1-15-7-8-19(27-15)17-13-23(14-18(17)22-16(2)25)20(26)21(9-3-4-10-21)24-11-5-6-12-24/h7-8,17-18H,3-6,9-14H2,1-2H3,(H,22,25)/t17-,18-/m1/s1. The Morgan fingerprint density at radius 1 is 1.11 bits per heavy atom. The first kappa shape index (κ1) is 18.5. The third-order valence-electron chi connectivity index (χ3n) is 6.66. The molecule has 3 heterocycles. The van der Waals surface area contributed by atoms with Gasteiger partial charge in [-0.2, -0.15) is 0 Å². The molecule has 1 aromatic heterocycles. The maximum atomic E-state index is 13.7. The molecule has 1 N–H and O–H groups in total. The summed E-state index contributed by atoms with van der Waals surface area (Å²) in [5, 5.41) is 3.05. The molecular formula is C21H31N3O3. The van der Waals surface area contributed by atoms with Crippen molar-refractivity contribution >= 4 is 11.8 Å². The van der Waals surface area contributed by atoms with Gasteiger partial charge in [0.25, 0.3) is 0 Å². The van der Waals surface area contributed by atoms with Gasteiger partial charge >= 0.3 is 0 Å². The molecule has 0 unspecified atom stereocenters. The number of carbonyl (C=O) groups excluding carboxylic acids is 2. The topological polar surface area (TPSA) is 65.8 Å². The Hall–Kier alpha value is -1.82. The lowest BCUT2D eigenvalue weighted by Gasteiger charge is -2.40. The van der Waals surface area contributed by atoms with E-state index in [-0.39, 0.29) is 29.3 Å². The minimum atomic E-state index is -0.314. The van der Waals surface area contributed by atoms with Gasteiger partial charge in [0.2, 0.25) is 11.8 Å². The fourth-order valence-electron chi connectivity index (χ4n) is 5.38. The first-order valence-corrected chi connectivity index (χ1v) is 10.4. The van der Waals surface area contributed by atoms with Crippen molar-refractivity contribution in [1.82, 2.24) is 15.1 Å². The summed E-state index contributed by atoms with van der Waals surface area (Å²) in [4.78, 5) is 29.9. The van der Waals surface area contributed by atoms with E-state index in [2.05, 4.69) is 10.2 Å². The highest BCUT2D eigenvalue weighted by molar-refractivity contribution is 5.87. The van der Waals surface area contributed by atoms with Crippen LogP contribution in [-0.4, -0.2) is 59.4 Å². The Morgan fingerprint density at radius 2 is 1.81 bits per heavy atom. The molecule has 4 rings (SSSR count). The van der Waals surface area contributed by atoms with Crippen LogP contribution in [0.3, 0.4) is 0 Å². The number of furan rings is 1. The molecule has 27 heavy (non-hydrogen) atoms. The van der Waals surface area contributed by atoms with Crippen molar-refractivity contribution < 1.29 is 14.0 Å². The average molecular weight is 373 g/mol. The SMILES string of the molecule is CC(=O)N[C@@H]1CN(C(=O)C2(N3CCCC3)CCCC2)C[C@H]1c1ccc(C)o1. The number of aryl methyl sites for hydroxylation is 1. The summed E-state index contributed by atoms with van der Waals surface area (Å²) >= 11 is 0. The lowest BCUT2D eigenvalue weighted by atomic mass is 9.93. The van der Waals surface area contributed by atoms with Crippen LogP contribution < -0.4 is 5.32 Å². The lowest BCUT2D eigenvalue weighted by Crippen LogP contribution is -2.57. The van der Waals surface area contributed by atoms with Gasteiger partial charge in [-0.25, -0.2) is 0 Å². The number of hydrogen-bond donors (Lipinski definition) is 1. The van der Waals surface area contributed by atoms with Crippen molar-refractivity contribution in [3.05, 3.63) is 23.7 Å². The molecule has 0 spiro atoms. The normalized spacial score (nSPS) is 28.0. The fraction of sp³-hybridized carbons (Fsp3) is 0.714. The third-order valence-corrected chi connectivity index (χ3v) is 6.66. The summed E-state index contributed by atoms with van der Waals surface area (Å²) in [6.45, 7) is 6.73. The van der Waals surface area contributed by atoms with Gasteiger partial charge in [-0.05, 0) is 57.8 Å². The molecule has 6 nitrogen and oxygen atoms in total. The molecule has 148 valence electrons. The number of nitrogens with zero attached hydrogens (tertiary/aromatic N) is 2. The van der Waals surface area contributed by atoms with E-state index in [1.165, 1.54) is 19.8 Å². The second-order valence-corrected chi connectivity index (χ2v) is 8.50. The van der Waals surface area contributed by atoms with E-state index in [9.17, 15) is 9.59 Å². The minimum Gasteiger partial charge on any atom is -0.466 e. The Balaban J connectivity index is 1.57. The first-order valence-electron chi connectivity index (χ1n) is 10.4. The van der Waals surface area contributed by atoms with Crippen LogP contribution >= 0.6 is 0 Å². The maximum absolute atomic E-state index is 13.7. The molecule has 2 amide bonds. The van der Waals surface area contributed by atoms with E-state index in [1.807, 2.05) is 24.0 Å². The van der Waals surface area contributed by atoms with Crippen molar-refractivity contribution in [3.63, 3.8) is 0 Å². The largest absolute Gasteiger partial charge is 0.466 e. The van der Waals surface area contributed by atoms with E-state index in [0.717, 1.165) is 50.3 Å². The predicted molar refractivity (Wildman–Crippen MR) is 102 cm³/mol. The molecule has 2 aliphatic heterocycles.